The van der Waals surface area contributed by atoms with Crippen molar-refractivity contribution in [2.75, 3.05) is 13.1 Å². The third-order valence-corrected chi connectivity index (χ3v) is 5.93. The third-order valence-electron chi connectivity index (χ3n) is 5.93. The summed E-state index contributed by atoms with van der Waals surface area (Å²) in [5, 5.41) is 3.18. The van der Waals surface area contributed by atoms with Crippen LogP contribution in [0.25, 0.3) is 10.9 Å². The highest BCUT2D eigenvalue weighted by Gasteiger charge is 2.49. The average molecular weight is 447 g/mol. The number of para-hydroxylation sites is 1. The van der Waals surface area contributed by atoms with Gasteiger partial charge in [-0.3, -0.25) is 19.3 Å². The zero-order valence-electron chi connectivity index (χ0n) is 18.7. The lowest BCUT2D eigenvalue weighted by atomic mass is 9.91. The van der Waals surface area contributed by atoms with E-state index in [4.69, 9.17) is 0 Å². The van der Waals surface area contributed by atoms with Crippen molar-refractivity contribution in [3.8, 4) is 0 Å². The van der Waals surface area contributed by atoms with Crippen molar-refractivity contribution >= 4 is 28.7 Å². The summed E-state index contributed by atoms with van der Waals surface area (Å²) in [4.78, 5) is 60.6. The van der Waals surface area contributed by atoms with E-state index in [1.54, 1.807) is 50.2 Å². The summed E-state index contributed by atoms with van der Waals surface area (Å²) in [6.07, 6.45) is 0. The number of likely N-dealkylation sites (N-methyl/N-ethyl adjacent to an activating group) is 1. The van der Waals surface area contributed by atoms with Gasteiger partial charge in [-0.2, -0.15) is 0 Å². The second kappa shape index (κ2) is 8.50. The maximum absolute atomic E-state index is 13.1. The molecule has 4 rings (SSSR count). The van der Waals surface area contributed by atoms with E-state index in [1.165, 1.54) is 4.90 Å². The van der Waals surface area contributed by atoms with Crippen LogP contribution in [-0.4, -0.2) is 50.7 Å². The first-order valence-electron chi connectivity index (χ1n) is 10.7. The summed E-state index contributed by atoms with van der Waals surface area (Å²) in [5.41, 5.74) is 0.675. The molecule has 1 aliphatic rings. The monoisotopic (exact) mass is 447 g/mol. The molecule has 0 spiro atoms. The molecule has 9 heteroatoms. The number of carbonyl (C=O) groups excluding carboxylic acids is 3. The van der Waals surface area contributed by atoms with Crippen LogP contribution in [0.4, 0.5) is 4.79 Å². The second-order valence-electron chi connectivity index (χ2n) is 8.25. The number of carbonyl (C=O) groups is 3. The number of aromatic amines is 1. The normalized spacial score (nSPS) is 18.0. The Kier molecular flexibility index (Phi) is 5.71. The number of H-pyrrole nitrogens is 1. The van der Waals surface area contributed by atoms with Crippen LogP contribution in [0.3, 0.4) is 0 Å². The van der Waals surface area contributed by atoms with Gasteiger partial charge in [0.2, 0.25) is 5.91 Å². The van der Waals surface area contributed by atoms with Crippen molar-refractivity contribution in [3.63, 3.8) is 0 Å². The molecule has 1 aromatic heterocycles. The van der Waals surface area contributed by atoms with Crippen molar-refractivity contribution in [1.29, 1.82) is 0 Å². The predicted molar refractivity (Wildman–Crippen MR) is 122 cm³/mol. The molecule has 2 aromatic carbocycles. The number of aromatic nitrogens is 2. The van der Waals surface area contributed by atoms with Crippen LogP contribution < -0.4 is 10.9 Å². The molecule has 1 unspecified atom stereocenters. The summed E-state index contributed by atoms with van der Waals surface area (Å²) < 4.78 is 0. The van der Waals surface area contributed by atoms with Gasteiger partial charge >= 0.3 is 6.03 Å². The molecule has 1 aliphatic heterocycles. The van der Waals surface area contributed by atoms with Gasteiger partial charge in [0.25, 0.3) is 11.5 Å². The molecule has 170 valence electrons. The smallest absolute Gasteiger partial charge is 0.325 e. The predicted octanol–water partition coefficient (Wildman–Crippen LogP) is 2.05. The fraction of sp³-hybridized carbons (Fsp3) is 0.292. The zero-order valence-corrected chi connectivity index (χ0v) is 18.7. The van der Waals surface area contributed by atoms with Crippen LogP contribution >= 0.6 is 0 Å². The van der Waals surface area contributed by atoms with Gasteiger partial charge in [-0.1, -0.05) is 42.0 Å². The van der Waals surface area contributed by atoms with Crippen molar-refractivity contribution < 1.29 is 14.4 Å². The Bertz CT molecular complexity index is 1300. The number of nitrogens with one attached hydrogen (secondary N) is 2. The topological polar surface area (TPSA) is 115 Å². The number of amides is 4. The number of fused-ring (bicyclic) bond motifs is 1. The van der Waals surface area contributed by atoms with E-state index in [2.05, 4.69) is 15.3 Å². The molecule has 9 nitrogen and oxygen atoms in total. The lowest BCUT2D eigenvalue weighted by Gasteiger charge is -2.24. The number of imide groups is 1. The van der Waals surface area contributed by atoms with Crippen LogP contribution in [0.2, 0.25) is 0 Å². The molecule has 3 aromatic rings. The van der Waals surface area contributed by atoms with Crippen molar-refractivity contribution in [1.82, 2.24) is 25.1 Å². The summed E-state index contributed by atoms with van der Waals surface area (Å²) in [7, 11) is 0. The van der Waals surface area contributed by atoms with Gasteiger partial charge in [0.15, 0.2) is 0 Å². The Morgan fingerprint density at radius 3 is 2.48 bits per heavy atom. The molecular weight excluding hydrogens is 422 g/mol. The maximum atomic E-state index is 13.1. The first kappa shape index (κ1) is 22.2. The molecule has 1 saturated heterocycles. The zero-order chi connectivity index (χ0) is 23.8. The Hall–Kier alpha value is -4.01. The van der Waals surface area contributed by atoms with Gasteiger partial charge in [-0.05, 0) is 38.5 Å². The lowest BCUT2D eigenvalue weighted by molar-refractivity contribution is -0.139. The number of rotatable bonds is 6. The van der Waals surface area contributed by atoms with Gasteiger partial charge in [0.05, 0.1) is 17.4 Å². The first-order valence-corrected chi connectivity index (χ1v) is 10.7. The Labute approximate surface area is 190 Å². The lowest BCUT2D eigenvalue weighted by Crippen LogP contribution is -2.44. The maximum Gasteiger partial charge on any atom is 0.325 e. The number of aryl methyl sites for hydroxylation is 1. The molecule has 0 saturated carbocycles. The van der Waals surface area contributed by atoms with Gasteiger partial charge in [0, 0.05) is 6.54 Å². The molecule has 1 fully saturated rings. The van der Waals surface area contributed by atoms with Crippen LogP contribution in [0, 0.1) is 6.92 Å². The molecular formula is C24H25N5O4. The number of hydrogen-bond donors (Lipinski definition) is 2. The van der Waals surface area contributed by atoms with Crippen LogP contribution in [0.15, 0.2) is 53.3 Å². The molecule has 2 heterocycles. The number of nitrogens with zero attached hydrogens (tertiary/aromatic N) is 3. The fourth-order valence-corrected chi connectivity index (χ4v) is 3.93. The highest BCUT2D eigenvalue weighted by molar-refractivity contribution is 6.09. The van der Waals surface area contributed by atoms with Crippen LogP contribution in [-0.2, 0) is 21.7 Å². The summed E-state index contributed by atoms with van der Waals surface area (Å²) >= 11 is 0. The van der Waals surface area contributed by atoms with E-state index >= 15 is 0 Å². The van der Waals surface area contributed by atoms with Gasteiger partial charge in [0.1, 0.15) is 17.9 Å². The molecule has 0 radical (unpaired) electrons. The second-order valence-corrected chi connectivity index (χ2v) is 8.25. The molecule has 1 atom stereocenters. The minimum absolute atomic E-state index is 0.0499. The molecule has 4 amide bonds. The summed E-state index contributed by atoms with van der Waals surface area (Å²) in [6.45, 7) is 5.30. The molecule has 33 heavy (non-hydrogen) atoms. The van der Waals surface area contributed by atoms with E-state index in [1.807, 2.05) is 19.1 Å². The SMILES string of the molecule is CCN(Cc1nc2ccccc2c(=O)[nH]1)C(=O)CN1C(=O)NC(C)(c2ccc(C)cc2)C1=O. The Balaban J connectivity index is 1.52. The Morgan fingerprint density at radius 2 is 1.79 bits per heavy atom. The van der Waals surface area contributed by atoms with Crippen molar-refractivity contribution in [2.45, 2.75) is 32.9 Å². The summed E-state index contributed by atoms with van der Waals surface area (Å²) in [6, 6.07) is 13.6. The number of hydrogen-bond acceptors (Lipinski definition) is 5. The third kappa shape index (κ3) is 4.09. The highest BCUT2D eigenvalue weighted by atomic mass is 16.2. The first-order chi connectivity index (χ1) is 15.7. The molecule has 0 aliphatic carbocycles. The van der Waals surface area contributed by atoms with E-state index in [9.17, 15) is 19.2 Å². The Morgan fingerprint density at radius 1 is 1.09 bits per heavy atom. The van der Waals surface area contributed by atoms with Crippen molar-refractivity contribution in [3.05, 3.63) is 75.8 Å². The largest absolute Gasteiger partial charge is 0.334 e. The molecule has 2 N–H and O–H groups in total. The van der Waals surface area contributed by atoms with Gasteiger partial charge in [-0.25, -0.2) is 9.78 Å². The number of urea groups is 1. The van der Waals surface area contributed by atoms with Crippen molar-refractivity contribution in [2.24, 2.45) is 0 Å². The molecule has 0 bridgehead atoms. The van der Waals surface area contributed by atoms with Crippen LogP contribution in [0.1, 0.15) is 30.8 Å². The van der Waals surface area contributed by atoms with E-state index in [-0.39, 0.29) is 12.1 Å². The van der Waals surface area contributed by atoms with E-state index in [0.717, 1.165) is 10.5 Å². The minimum atomic E-state index is -1.24. The summed E-state index contributed by atoms with van der Waals surface area (Å²) in [5.74, 6) is -0.585. The average Bonchev–Trinajstić information content (AvgIpc) is 3.01. The minimum Gasteiger partial charge on any atom is -0.334 e. The fourth-order valence-electron chi connectivity index (χ4n) is 3.93. The quantitative estimate of drug-likeness (QED) is 0.561. The van der Waals surface area contributed by atoms with E-state index < -0.39 is 29.9 Å². The highest BCUT2D eigenvalue weighted by Crippen LogP contribution is 2.29. The van der Waals surface area contributed by atoms with Gasteiger partial charge < -0.3 is 15.2 Å². The standard InChI is InChI=1S/C24H25N5O4/c1-4-28(13-19-25-18-8-6-5-7-17(18)21(31)26-19)20(30)14-29-22(32)24(3,27-23(29)33)16-11-9-15(2)10-12-16/h5-12H,4,13-14H2,1-3H3,(H,27,33)(H,25,26,31). The van der Waals surface area contributed by atoms with Crippen LogP contribution in [0.5, 0.6) is 0 Å². The van der Waals surface area contributed by atoms with E-state index in [0.29, 0.717) is 28.8 Å². The van der Waals surface area contributed by atoms with Gasteiger partial charge in [-0.15, -0.1) is 0 Å². The number of benzene rings is 2.